The Morgan fingerprint density at radius 3 is 2.82 bits per heavy atom. The number of hydrogen-bond acceptors (Lipinski definition) is 6. The van der Waals surface area contributed by atoms with Crippen LogP contribution in [0.5, 0.6) is 5.75 Å². The van der Waals surface area contributed by atoms with Crippen LogP contribution in [0.3, 0.4) is 0 Å². The van der Waals surface area contributed by atoms with Crippen LogP contribution in [0.25, 0.3) is 5.65 Å². The molecule has 7 nitrogen and oxygen atoms in total. The van der Waals surface area contributed by atoms with Gasteiger partial charge in [-0.2, -0.15) is 0 Å². The van der Waals surface area contributed by atoms with Crippen LogP contribution in [0.1, 0.15) is 55.2 Å². The van der Waals surface area contributed by atoms with Crippen LogP contribution >= 0.6 is 11.8 Å². The minimum Gasteiger partial charge on any atom is -0.497 e. The molecule has 1 aromatic carbocycles. The monoisotopic (exact) mass is 462 g/mol. The molecule has 0 bridgehead atoms. The summed E-state index contributed by atoms with van der Waals surface area (Å²) in [6.07, 6.45) is 10.4. The first-order chi connectivity index (χ1) is 16.2. The quantitative estimate of drug-likeness (QED) is 0.341. The molecule has 5 rings (SSSR count). The Balaban J connectivity index is 1.35. The van der Waals surface area contributed by atoms with Gasteiger partial charge in [0.25, 0.3) is 0 Å². The van der Waals surface area contributed by atoms with E-state index in [1.807, 2.05) is 24.3 Å². The first kappa shape index (κ1) is 21.8. The van der Waals surface area contributed by atoms with Crippen LogP contribution in [-0.2, 0) is 12.3 Å². The molecule has 0 amide bonds. The fourth-order valence-corrected chi connectivity index (χ4v) is 5.42. The highest BCUT2D eigenvalue weighted by atomic mass is 32.2. The summed E-state index contributed by atoms with van der Waals surface area (Å²) in [5.74, 6) is 2.60. The predicted molar refractivity (Wildman–Crippen MR) is 132 cm³/mol. The van der Waals surface area contributed by atoms with E-state index in [0.29, 0.717) is 12.6 Å². The lowest BCUT2D eigenvalue weighted by molar-refractivity contribution is 0.330. The van der Waals surface area contributed by atoms with E-state index in [1.54, 1.807) is 18.9 Å². The van der Waals surface area contributed by atoms with Gasteiger partial charge < -0.3 is 19.0 Å². The normalized spacial score (nSPS) is 14.6. The number of ether oxygens (including phenoxy) is 1. The van der Waals surface area contributed by atoms with Gasteiger partial charge in [-0.05, 0) is 43.5 Å². The van der Waals surface area contributed by atoms with E-state index in [2.05, 4.69) is 55.9 Å². The summed E-state index contributed by atoms with van der Waals surface area (Å²) in [5, 5.41) is 13.7. The Hall–Kier alpha value is -3.00. The van der Waals surface area contributed by atoms with Gasteiger partial charge in [0.2, 0.25) is 0 Å². The summed E-state index contributed by atoms with van der Waals surface area (Å²) in [6.45, 7) is 2.73. The maximum atomic E-state index is 5.35. The van der Waals surface area contributed by atoms with Crippen LogP contribution in [-0.4, -0.2) is 31.3 Å². The molecule has 172 valence electrons. The van der Waals surface area contributed by atoms with Crippen molar-refractivity contribution in [2.24, 2.45) is 0 Å². The zero-order valence-electron chi connectivity index (χ0n) is 19.2. The zero-order chi connectivity index (χ0) is 22.6. The van der Waals surface area contributed by atoms with Gasteiger partial charge in [0.15, 0.2) is 11.0 Å². The Morgan fingerprint density at radius 2 is 1.97 bits per heavy atom. The summed E-state index contributed by atoms with van der Waals surface area (Å²) in [7, 11) is 1.69. The number of rotatable bonds is 8. The average molecular weight is 463 g/mol. The van der Waals surface area contributed by atoms with Crippen LogP contribution in [0.15, 0.2) is 53.9 Å². The number of aromatic nitrogens is 5. The molecule has 0 unspecified atom stereocenters. The maximum absolute atomic E-state index is 5.35. The number of anilines is 1. The van der Waals surface area contributed by atoms with Gasteiger partial charge in [0, 0.05) is 35.9 Å². The van der Waals surface area contributed by atoms with E-state index in [9.17, 15) is 0 Å². The molecular weight excluding hydrogens is 432 g/mol. The summed E-state index contributed by atoms with van der Waals surface area (Å²) in [6, 6.07) is 12.6. The highest BCUT2D eigenvalue weighted by molar-refractivity contribution is 7.98. The molecular formula is C25H30N6OS. The fraction of sp³-hybridized carbons (Fsp3) is 0.400. The van der Waals surface area contributed by atoms with Gasteiger partial charge in [0.05, 0.1) is 19.3 Å². The summed E-state index contributed by atoms with van der Waals surface area (Å²) >= 11 is 1.73. The number of hydrogen-bond donors (Lipinski definition) is 1. The molecule has 1 saturated carbocycles. The number of pyridine rings is 1. The Labute approximate surface area is 198 Å². The molecule has 0 saturated heterocycles. The van der Waals surface area contributed by atoms with Crippen molar-refractivity contribution in [3.05, 3.63) is 65.9 Å². The Morgan fingerprint density at radius 1 is 1.09 bits per heavy atom. The first-order valence-corrected chi connectivity index (χ1v) is 12.6. The van der Waals surface area contributed by atoms with E-state index >= 15 is 0 Å². The number of benzene rings is 1. The second-order valence-electron chi connectivity index (χ2n) is 8.64. The molecule has 1 aliphatic carbocycles. The summed E-state index contributed by atoms with van der Waals surface area (Å²) < 4.78 is 9.82. The van der Waals surface area contributed by atoms with E-state index in [1.165, 1.54) is 37.7 Å². The molecule has 0 aliphatic heterocycles. The highest BCUT2D eigenvalue weighted by Crippen LogP contribution is 2.34. The lowest BCUT2D eigenvalue weighted by Gasteiger charge is -2.25. The molecule has 33 heavy (non-hydrogen) atoms. The van der Waals surface area contributed by atoms with Gasteiger partial charge >= 0.3 is 0 Å². The van der Waals surface area contributed by atoms with Gasteiger partial charge in [-0.15, -0.1) is 10.2 Å². The molecule has 8 heteroatoms. The SMILES string of the molecule is COc1cccc(NCc2nnc(SCc3cn4cc(C)ccc4n3)n2C2CCCCC2)c1. The molecule has 1 aliphatic rings. The van der Waals surface area contributed by atoms with Crippen molar-refractivity contribution in [1.82, 2.24) is 24.1 Å². The molecule has 0 spiro atoms. The van der Waals surface area contributed by atoms with E-state index < -0.39 is 0 Å². The maximum Gasteiger partial charge on any atom is 0.191 e. The van der Waals surface area contributed by atoms with Crippen molar-refractivity contribution < 1.29 is 4.74 Å². The zero-order valence-corrected chi connectivity index (χ0v) is 20.0. The number of imidazole rings is 1. The number of aryl methyl sites for hydroxylation is 1. The van der Waals surface area contributed by atoms with Gasteiger partial charge in [-0.3, -0.25) is 0 Å². The van der Waals surface area contributed by atoms with Crippen molar-refractivity contribution in [3.63, 3.8) is 0 Å². The number of methoxy groups -OCH3 is 1. The van der Waals surface area contributed by atoms with E-state index in [0.717, 1.165) is 39.5 Å². The smallest absolute Gasteiger partial charge is 0.191 e. The topological polar surface area (TPSA) is 69.3 Å². The fourth-order valence-electron chi connectivity index (χ4n) is 4.51. The molecule has 0 radical (unpaired) electrons. The first-order valence-electron chi connectivity index (χ1n) is 11.6. The number of thioether (sulfide) groups is 1. The van der Waals surface area contributed by atoms with Crippen molar-refractivity contribution in [1.29, 1.82) is 0 Å². The molecule has 1 fully saturated rings. The Kier molecular flexibility index (Phi) is 6.53. The lowest BCUT2D eigenvalue weighted by Crippen LogP contribution is -2.18. The van der Waals surface area contributed by atoms with Crippen LogP contribution < -0.4 is 10.1 Å². The largest absolute Gasteiger partial charge is 0.497 e. The highest BCUT2D eigenvalue weighted by Gasteiger charge is 2.23. The minimum absolute atomic E-state index is 0.460. The Bertz CT molecular complexity index is 1230. The molecule has 4 aromatic rings. The van der Waals surface area contributed by atoms with Crippen LogP contribution in [0.2, 0.25) is 0 Å². The second kappa shape index (κ2) is 9.87. The van der Waals surface area contributed by atoms with Gasteiger partial charge in [-0.1, -0.05) is 43.2 Å². The van der Waals surface area contributed by atoms with Gasteiger partial charge in [-0.25, -0.2) is 4.98 Å². The molecule has 3 aromatic heterocycles. The summed E-state index contributed by atoms with van der Waals surface area (Å²) in [5.41, 5.74) is 4.28. The third kappa shape index (κ3) is 5.00. The number of nitrogens with zero attached hydrogens (tertiary/aromatic N) is 5. The molecule has 1 N–H and O–H groups in total. The molecule has 0 atom stereocenters. The third-order valence-corrected chi connectivity index (χ3v) is 7.17. The van der Waals surface area contributed by atoms with Crippen molar-refractivity contribution >= 4 is 23.1 Å². The van der Waals surface area contributed by atoms with Crippen molar-refractivity contribution in [2.45, 2.75) is 62.5 Å². The van der Waals surface area contributed by atoms with E-state index in [-0.39, 0.29) is 0 Å². The van der Waals surface area contributed by atoms with Crippen molar-refractivity contribution in [3.8, 4) is 5.75 Å². The molecule has 3 heterocycles. The van der Waals surface area contributed by atoms with Crippen molar-refractivity contribution in [2.75, 3.05) is 12.4 Å². The van der Waals surface area contributed by atoms with Gasteiger partial charge in [0.1, 0.15) is 11.4 Å². The average Bonchev–Trinajstić information content (AvgIpc) is 3.45. The third-order valence-electron chi connectivity index (χ3n) is 6.19. The number of nitrogens with one attached hydrogen (secondary N) is 1. The predicted octanol–water partition coefficient (Wildman–Crippen LogP) is 5.65. The van der Waals surface area contributed by atoms with Crippen LogP contribution in [0, 0.1) is 6.92 Å². The second-order valence-corrected chi connectivity index (χ2v) is 9.58. The van der Waals surface area contributed by atoms with Crippen LogP contribution in [0.4, 0.5) is 5.69 Å². The van der Waals surface area contributed by atoms with E-state index in [4.69, 9.17) is 9.72 Å². The summed E-state index contributed by atoms with van der Waals surface area (Å²) in [4.78, 5) is 4.77. The minimum atomic E-state index is 0.460. The number of fused-ring (bicyclic) bond motifs is 1. The lowest BCUT2D eigenvalue weighted by atomic mass is 9.95. The standard InChI is InChI=1S/C25H30N6OS/c1-18-11-12-23-27-20(16-30(23)15-18)17-33-25-29-28-24(31(25)21-8-4-3-5-9-21)14-26-19-7-6-10-22(13-19)32-2/h6-7,10-13,15-16,21,26H,3-5,8-9,14,17H2,1-2H3.